The van der Waals surface area contributed by atoms with Crippen molar-refractivity contribution in [3.05, 3.63) is 36.5 Å². The zero-order chi connectivity index (χ0) is 45.2. The van der Waals surface area contributed by atoms with Crippen molar-refractivity contribution in [2.45, 2.75) is 302 Å². The largest absolute Gasteiger partial charge is 0.462 e. The van der Waals surface area contributed by atoms with Crippen molar-refractivity contribution >= 4 is 11.9 Å². The van der Waals surface area contributed by atoms with Crippen LogP contribution >= 0.6 is 0 Å². The highest BCUT2D eigenvalue weighted by Crippen LogP contribution is 2.18. The van der Waals surface area contributed by atoms with E-state index in [1.54, 1.807) is 0 Å². The molecule has 0 saturated heterocycles. The third-order valence-electron chi connectivity index (χ3n) is 12.4. The van der Waals surface area contributed by atoms with E-state index in [-0.39, 0.29) is 24.9 Å². The van der Waals surface area contributed by atoms with Gasteiger partial charge in [0.1, 0.15) is 6.10 Å². The molecule has 3 N–H and O–H groups in total. The summed E-state index contributed by atoms with van der Waals surface area (Å²) in [6.07, 6.45) is 59.1. The van der Waals surface area contributed by atoms with E-state index in [1.807, 2.05) is 0 Å². The minimum Gasteiger partial charge on any atom is -0.462 e. The molecule has 0 aromatic heterocycles. The minimum atomic E-state index is -0.789. The standard InChI is InChI=1S/C56H105NO5/c1-4-7-10-13-16-19-22-25-27-28-29-30-32-35-38-41-44-47-52(62-56(61)49-46-43-40-37-34-24-21-18-15-12-9-6-3)50-55(60)57-53(51-58)54(59)48-45-42-39-36-33-31-26-23-20-17-14-11-8-5-2/h16,18-19,21,25,27,52-54,58-59H,4-15,17,20,22-24,26,28-51H2,1-3H3,(H,57,60)/b19-16-,21-18-,27-25-. The van der Waals surface area contributed by atoms with Gasteiger partial charge in [-0.3, -0.25) is 9.59 Å². The van der Waals surface area contributed by atoms with E-state index in [4.69, 9.17) is 4.74 Å². The Kier molecular flexibility index (Phi) is 48.5. The van der Waals surface area contributed by atoms with E-state index < -0.39 is 18.2 Å². The summed E-state index contributed by atoms with van der Waals surface area (Å²) in [6, 6.07) is -0.704. The fraction of sp³-hybridized carbons (Fsp3) is 0.857. The maximum Gasteiger partial charge on any atom is 0.306 e. The molecule has 1 amide bonds. The predicted molar refractivity (Wildman–Crippen MR) is 269 cm³/mol. The molecule has 3 unspecified atom stereocenters. The van der Waals surface area contributed by atoms with Crippen molar-refractivity contribution in [2.24, 2.45) is 0 Å². The minimum absolute atomic E-state index is 0.0714. The molecular weight excluding hydrogens is 767 g/mol. The number of amides is 1. The normalized spacial score (nSPS) is 13.4. The average Bonchev–Trinajstić information content (AvgIpc) is 3.26. The van der Waals surface area contributed by atoms with E-state index in [1.165, 1.54) is 167 Å². The number of ether oxygens (including phenoxy) is 1. The first-order valence-corrected chi connectivity index (χ1v) is 27.2. The number of carbonyl (C=O) groups excluding carboxylic acids is 2. The van der Waals surface area contributed by atoms with Crippen LogP contribution in [-0.2, 0) is 14.3 Å². The number of carbonyl (C=O) groups is 2. The average molecular weight is 872 g/mol. The smallest absolute Gasteiger partial charge is 0.306 e. The summed E-state index contributed by atoms with van der Waals surface area (Å²) < 4.78 is 5.94. The van der Waals surface area contributed by atoms with Gasteiger partial charge in [0.15, 0.2) is 0 Å². The number of allylic oxidation sites excluding steroid dienone is 6. The molecule has 62 heavy (non-hydrogen) atoms. The Morgan fingerprint density at radius 2 is 0.823 bits per heavy atom. The second kappa shape index (κ2) is 50.1. The lowest BCUT2D eigenvalue weighted by Crippen LogP contribution is -2.46. The highest BCUT2D eigenvalue weighted by molar-refractivity contribution is 5.77. The van der Waals surface area contributed by atoms with Gasteiger partial charge in [-0.2, -0.15) is 0 Å². The van der Waals surface area contributed by atoms with Gasteiger partial charge in [0.2, 0.25) is 5.91 Å². The molecule has 0 fully saturated rings. The van der Waals surface area contributed by atoms with Crippen LogP contribution < -0.4 is 5.32 Å². The molecule has 0 saturated carbocycles. The van der Waals surface area contributed by atoms with Crippen molar-refractivity contribution in [1.29, 1.82) is 0 Å². The second-order valence-electron chi connectivity index (χ2n) is 18.6. The van der Waals surface area contributed by atoms with Gasteiger partial charge in [-0.25, -0.2) is 0 Å². The summed E-state index contributed by atoms with van der Waals surface area (Å²) in [6.45, 7) is 6.45. The molecule has 0 aromatic carbocycles. The number of nitrogens with one attached hydrogen (secondary N) is 1. The third-order valence-corrected chi connectivity index (χ3v) is 12.4. The van der Waals surface area contributed by atoms with Gasteiger partial charge in [-0.05, 0) is 83.5 Å². The van der Waals surface area contributed by atoms with Crippen LogP contribution in [0.5, 0.6) is 0 Å². The Morgan fingerprint density at radius 1 is 0.468 bits per heavy atom. The summed E-state index contributed by atoms with van der Waals surface area (Å²) >= 11 is 0. The Labute approximate surface area is 385 Å². The van der Waals surface area contributed by atoms with Gasteiger partial charge in [0, 0.05) is 6.42 Å². The quantitative estimate of drug-likeness (QED) is 0.0321. The fourth-order valence-electron chi connectivity index (χ4n) is 8.28. The van der Waals surface area contributed by atoms with E-state index >= 15 is 0 Å². The molecule has 0 aliphatic rings. The zero-order valence-corrected chi connectivity index (χ0v) is 41.5. The summed E-state index contributed by atoms with van der Waals surface area (Å²) in [5.41, 5.74) is 0. The highest BCUT2D eigenvalue weighted by Gasteiger charge is 2.24. The first-order valence-electron chi connectivity index (χ1n) is 27.2. The number of rotatable bonds is 49. The monoisotopic (exact) mass is 872 g/mol. The summed E-state index contributed by atoms with van der Waals surface area (Å²) in [5, 5.41) is 23.8. The van der Waals surface area contributed by atoms with Crippen LogP contribution in [0.3, 0.4) is 0 Å². The highest BCUT2D eigenvalue weighted by atomic mass is 16.5. The molecule has 0 bridgehead atoms. The summed E-state index contributed by atoms with van der Waals surface area (Å²) in [5.74, 6) is -0.482. The molecule has 0 aromatic rings. The predicted octanol–water partition coefficient (Wildman–Crippen LogP) is 16.5. The van der Waals surface area contributed by atoms with Gasteiger partial charge in [0.05, 0.1) is 25.2 Å². The molecule has 0 radical (unpaired) electrons. The van der Waals surface area contributed by atoms with E-state index in [0.717, 1.165) is 70.6 Å². The fourth-order valence-corrected chi connectivity index (χ4v) is 8.28. The van der Waals surface area contributed by atoms with Crippen LogP contribution in [0.15, 0.2) is 36.5 Å². The van der Waals surface area contributed by atoms with E-state index in [0.29, 0.717) is 19.3 Å². The van der Waals surface area contributed by atoms with Crippen molar-refractivity contribution < 1.29 is 24.5 Å². The lowest BCUT2D eigenvalue weighted by molar-refractivity contribution is -0.151. The lowest BCUT2D eigenvalue weighted by Gasteiger charge is -2.24. The molecule has 0 aliphatic carbocycles. The topological polar surface area (TPSA) is 95.9 Å². The lowest BCUT2D eigenvalue weighted by atomic mass is 10.0. The van der Waals surface area contributed by atoms with Gasteiger partial charge in [0.25, 0.3) is 0 Å². The van der Waals surface area contributed by atoms with Crippen LogP contribution in [0.2, 0.25) is 0 Å². The molecule has 364 valence electrons. The van der Waals surface area contributed by atoms with Gasteiger partial charge in [-0.1, -0.05) is 224 Å². The number of aliphatic hydroxyl groups excluding tert-OH is 2. The first-order chi connectivity index (χ1) is 30.5. The number of unbranched alkanes of at least 4 members (excludes halogenated alkanes) is 31. The number of esters is 1. The number of hydrogen-bond donors (Lipinski definition) is 3. The maximum atomic E-state index is 13.2. The van der Waals surface area contributed by atoms with Crippen LogP contribution in [0.25, 0.3) is 0 Å². The molecule has 6 heteroatoms. The Balaban J connectivity index is 4.57. The van der Waals surface area contributed by atoms with E-state index in [9.17, 15) is 19.8 Å². The second-order valence-corrected chi connectivity index (χ2v) is 18.6. The number of aliphatic hydroxyl groups is 2. The van der Waals surface area contributed by atoms with Crippen LogP contribution in [0.1, 0.15) is 284 Å². The first kappa shape index (κ1) is 60.1. The van der Waals surface area contributed by atoms with Crippen molar-refractivity contribution in [2.75, 3.05) is 6.61 Å². The molecule has 3 atom stereocenters. The molecule has 0 heterocycles. The molecule has 0 spiro atoms. The third kappa shape index (κ3) is 44.7. The summed E-state index contributed by atoms with van der Waals surface area (Å²) in [7, 11) is 0. The van der Waals surface area contributed by atoms with Crippen molar-refractivity contribution in [3.63, 3.8) is 0 Å². The summed E-state index contributed by atoms with van der Waals surface area (Å²) in [4.78, 5) is 26.2. The SMILES string of the molecule is CCCCC/C=C\C/C=C\CCCCCCCCCC(CC(=O)NC(CO)C(O)CCCCCCCCCCCCCCCC)OC(=O)CCCCCCC/C=C\CCCCC. The van der Waals surface area contributed by atoms with Gasteiger partial charge in [-0.15, -0.1) is 0 Å². The zero-order valence-electron chi connectivity index (χ0n) is 41.5. The maximum absolute atomic E-state index is 13.2. The van der Waals surface area contributed by atoms with Crippen molar-refractivity contribution in [1.82, 2.24) is 5.32 Å². The molecule has 0 rings (SSSR count). The van der Waals surface area contributed by atoms with E-state index in [2.05, 4.69) is 62.5 Å². The van der Waals surface area contributed by atoms with Gasteiger partial charge < -0.3 is 20.3 Å². The van der Waals surface area contributed by atoms with Crippen LogP contribution in [0, 0.1) is 0 Å². The Morgan fingerprint density at radius 3 is 1.27 bits per heavy atom. The van der Waals surface area contributed by atoms with Gasteiger partial charge >= 0.3 is 5.97 Å². The number of hydrogen-bond acceptors (Lipinski definition) is 5. The Hall–Kier alpha value is -1.92. The molecular formula is C56H105NO5. The molecule has 0 aliphatic heterocycles. The Bertz CT molecular complexity index is 1020. The van der Waals surface area contributed by atoms with Crippen LogP contribution in [-0.4, -0.2) is 46.9 Å². The van der Waals surface area contributed by atoms with Crippen LogP contribution in [0.4, 0.5) is 0 Å². The van der Waals surface area contributed by atoms with Crippen molar-refractivity contribution in [3.8, 4) is 0 Å². The molecule has 6 nitrogen and oxygen atoms in total.